The highest BCUT2D eigenvalue weighted by Crippen LogP contribution is 1.80. The zero-order chi connectivity index (χ0) is 6.99. The van der Waals surface area contributed by atoms with Crippen molar-refractivity contribution in [1.82, 2.24) is 0 Å². The summed E-state index contributed by atoms with van der Waals surface area (Å²) in [6, 6.07) is 0. The minimum absolute atomic E-state index is 0.557. The number of halogens is 5. The van der Waals surface area contributed by atoms with Crippen LogP contribution in [0.3, 0.4) is 0 Å². The normalized spacial score (nSPS) is 7.12. The Labute approximate surface area is 56.2 Å². The van der Waals surface area contributed by atoms with Crippen LogP contribution in [-0.2, 0) is 0 Å². The first-order chi connectivity index (χ1) is 3.65. The van der Waals surface area contributed by atoms with E-state index in [9.17, 15) is 12.9 Å². The van der Waals surface area contributed by atoms with Gasteiger partial charge in [0.1, 0.15) is 0 Å². The molecule has 0 aliphatic rings. The summed E-state index contributed by atoms with van der Waals surface area (Å²) < 4.78 is 29.0. The summed E-state index contributed by atoms with van der Waals surface area (Å²) in [6.07, 6.45) is 0. The van der Waals surface area contributed by atoms with Crippen LogP contribution in [0.5, 0.6) is 0 Å². The third-order valence-electron chi connectivity index (χ3n) is 0.0714. The average molecular weight is 167 g/mol. The van der Waals surface area contributed by atoms with Crippen LogP contribution in [-0.4, -0.2) is 19.3 Å². The quantitative estimate of drug-likeness (QED) is 0.415. The Morgan fingerprint density at radius 3 is 1.12 bits per heavy atom. The number of hydrogen-bond acceptors (Lipinski definition) is 0. The fraction of sp³-hybridized carbons (Fsp3) is 1.00. The minimum Gasteiger partial charge on any atom is -0.254 e. The van der Waals surface area contributed by atoms with Crippen molar-refractivity contribution in [3.05, 3.63) is 0 Å². The fourth-order valence-corrected chi connectivity index (χ4v) is 0. The highest BCUT2D eigenvalue weighted by atomic mass is 35.5. The van der Waals surface area contributed by atoms with E-state index >= 15 is 0 Å². The van der Waals surface area contributed by atoms with Gasteiger partial charge < -0.3 is 0 Å². The summed E-state index contributed by atoms with van der Waals surface area (Å²) in [4.78, 5) is 0. The maximum Gasteiger partial charge on any atom is 0.762 e. The van der Waals surface area contributed by atoms with E-state index < -0.39 is 7.54 Å². The molecular weight excluding hydrogens is 163 g/mol. The van der Waals surface area contributed by atoms with Crippen LogP contribution in [0.4, 0.5) is 12.9 Å². The molecule has 0 radical (unpaired) electrons. The molecule has 0 atom stereocenters. The summed E-state index contributed by atoms with van der Waals surface area (Å²) in [7, 11) is -3.67. The second kappa shape index (κ2) is 10.4. The van der Waals surface area contributed by atoms with Crippen molar-refractivity contribution < 1.29 is 12.9 Å². The molecule has 0 saturated carbocycles. The Kier molecular flexibility index (Phi) is 14.7. The highest BCUT2D eigenvalue weighted by molar-refractivity contribution is 6.33. The van der Waals surface area contributed by atoms with Gasteiger partial charge in [-0.05, 0) is 0 Å². The summed E-state index contributed by atoms with van der Waals surface area (Å²) in [5.74, 6) is 1.11. The largest absolute Gasteiger partial charge is 0.762 e. The molecule has 0 unspecified atom stereocenters. The van der Waals surface area contributed by atoms with Crippen molar-refractivity contribution >= 4 is 30.7 Å². The number of hydrogen-bond donors (Lipinski definition) is 0. The molecular formula is C2H4BCl2F3. The van der Waals surface area contributed by atoms with Crippen LogP contribution < -0.4 is 0 Å². The summed E-state index contributed by atoms with van der Waals surface area (Å²) in [5, 5.41) is 0. The zero-order valence-electron chi connectivity index (χ0n) is 3.88. The van der Waals surface area contributed by atoms with Gasteiger partial charge >= 0.3 is 7.54 Å². The molecule has 0 aromatic heterocycles. The van der Waals surface area contributed by atoms with Crippen molar-refractivity contribution in [3.63, 3.8) is 0 Å². The van der Waals surface area contributed by atoms with Gasteiger partial charge in [0.25, 0.3) is 0 Å². The molecule has 0 aromatic rings. The van der Waals surface area contributed by atoms with Gasteiger partial charge in [-0.2, -0.15) is 0 Å². The van der Waals surface area contributed by atoms with Crippen LogP contribution in [0.2, 0.25) is 0 Å². The third kappa shape index (κ3) is 92.3. The van der Waals surface area contributed by atoms with Crippen molar-refractivity contribution in [3.8, 4) is 0 Å². The molecule has 0 bridgehead atoms. The molecule has 6 heteroatoms. The van der Waals surface area contributed by atoms with Gasteiger partial charge in [-0.25, -0.2) is 0 Å². The van der Waals surface area contributed by atoms with Gasteiger partial charge in [0.2, 0.25) is 0 Å². The van der Waals surface area contributed by atoms with E-state index in [-0.39, 0.29) is 0 Å². The molecule has 50 valence electrons. The first-order valence-corrected chi connectivity index (χ1v) is 2.76. The van der Waals surface area contributed by atoms with Gasteiger partial charge in [0.15, 0.2) is 0 Å². The van der Waals surface area contributed by atoms with Crippen molar-refractivity contribution in [2.45, 2.75) is 0 Å². The van der Waals surface area contributed by atoms with E-state index in [2.05, 4.69) is 0 Å². The van der Waals surface area contributed by atoms with Crippen LogP contribution in [0.15, 0.2) is 0 Å². The van der Waals surface area contributed by atoms with Crippen LogP contribution in [0, 0.1) is 0 Å². The zero-order valence-corrected chi connectivity index (χ0v) is 5.39. The second-order valence-corrected chi connectivity index (χ2v) is 1.38. The second-order valence-electron chi connectivity index (χ2n) is 0.625. The SMILES string of the molecule is ClCCCl.FB(F)F. The van der Waals surface area contributed by atoms with Crippen molar-refractivity contribution in [1.29, 1.82) is 0 Å². The third-order valence-corrected chi connectivity index (χ3v) is 0.643. The highest BCUT2D eigenvalue weighted by Gasteiger charge is 2.06. The number of alkyl halides is 2. The summed E-state index contributed by atoms with van der Waals surface area (Å²) in [5.41, 5.74) is 0. The van der Waals surface area contributed by atoms with E-state index in [1.54, 1.807) is 0 Å². The molecule has 0 heterocycles. The minimum atomic E-state index is -3.67. The lowest BCUT2D eigenvalue weighted by Gasteiger charge is -1.63. The molecule has 8 heavy (non-hydrogen) atoms. The molecule has 0 rings (SSSR count). The molecule has 0 nitrogen and oxygen atoms in total. The molecule has 0 saturated heterocycles. The topological polar surface area (TPSA) is 0 Å². The Balaban J connectivity index is 0. The first-order valence-electron chi connectivity index (χ1n) is 1.69. The predicted octanol–water partition coefficient (Wildman–Crippen LogP) is 2.34. The molecule has 0 aliphatic carbocycles. The van der Waals surface area contributed by atoms with E-state index in [0.717, 1.165) is 0 Å². The monoisotopic (exact) mass is 166 g/mol. The maximum absolute atomic E-state index is 9.67. The van der Waals surface area contributed by atoms with Gasteiger partial charge in [-0.15, -0.1) is 23.2 Å². The molecule has 0 spiro atoms. The van der Waals surface area contributed by atoms with Crippen molar-refractivity contribution in [2.24, 2.45) is 0 Å². The van der Waals surface area contributed by atoms with E-state index in [1.807, 2.05) is 0 Å². The van der Waals surface area contributed by atoms with E-state index in [1.165, 1.54) is 0 Å². The molecule has 0 aliphatic heterocycles. The lowest BCUT2D eigenvalue weighted by molar-refractivity contribution is 0.535. The Bertz CT molecular complexity index is 31.7. The van der Waals surface area contributed by atoms with E-state index in [0.29, 0.717) is 11.8 Å². The van der Waals surface area contributed by atoms with Gasteiger partial charge in [-0.3, -0.25) is 12.9 Å². The molecule has 0 aromatic carbocycles. The Morgan fingerprint density at radius 1 is 1.00 bits per heavy atom. The maximum atomic E-state index is 9.67. The number of rotatable bonds is 1. The average Bonchev–Trinajstić information content (AvgIpc) is 1.65. The van der Waals surface area contributed by atoms with Crippen LogP contribution in [0.1, 0.15) is 0 Å². The smallest absolute Gasteiger partial charge is 0.254 e. The lowest BCUT2D eigenvalue weighted by Crippen LogP contribution is -1.76. The van der Waals surface area contributed by atoms with Crippen molar-refractivity contribution in [2.75, 3.05) is 11.8 Å². The molecule has 0 amide bonds. The van der Waals surface area contributed by atoms with Gasteiger partial charge in [0.05, 0.1) is 0 Å². The van der Waals surface area contributed by atoms with Crippen LogP contribution >= 0.6 is 23.2 Å². The fourth-order valence-electron chi connectivity index (χ4n) is 0. The summed E-state index contributed by atoms with van der Waals surface area (Å²) in [6.45, 7) is 0. The standard InChI is InChI=1S/C2H4Cl2.BF3/c3-1-2-4;2-1(3)4/h1-2H2;. The summed E-state index contributed by atoms with van der Waals surface area (Å²) >= 11 is 10.1. The first kappa shape index (κ1) is 11.3. The van der Waals surface area contributed by atoms with Crippen LogP contribution in [0.25, 0.3) is 0 Å². The molecule has 0 N–H and O–H groups in total. The lowest BCUT2D eigenvalue weighted by atomic mass is 10.5. The predicted molar refractivity (Wildman–Crippen MR) is 30.5 cm³/mol. The van der Waals surface area contributed by atoms with E-state index in [4.69, 9.17) is 23.2 Å². The van der Waals surface area contributed by atoms with Gasteiger partial charge in [-0.1, -0.05) is 0 Å². The Morgan fingerprint density at radius 2 is 1.12 bits per heavy atom. The van der Waals surface area contributed by atoms with Gasteiger partial charge in [0, 0.05) is 11.8 Å². The molecule has 0 fully saturated rings. The Hall–Kier alpha value is 0.435.